The van der Waals surface area contributed by atoms with E-state index in [-0.39, 0.29) is 0 Å². The maximum atomic E-state index is 10.3. The minimum absolute atomic E-state index is 0.625. The van der Waals surface area contributed by atoms with Crippen LogP contribution in [0, 0.1) is 22.7 Å². The molecule has 0 saturated heterocycles. The Hall–Kier alpha value is -6.88. The van der Waals surface area contributed by atoms with Gasteiger partial charge >= 0.3 is 0 Å². The third kappa shape index (κ3) is 4.07. The van der Waals surface area contributed by atoms with Gasteiger partial charge in [0.25, 0.3) is 0 Å². The van der Waals surface area contributed by atoms with Gasteiger partial charge in [-0.15, -0.1) is 0 Å². The summed E-state index contributed by atoms with van der Waals surface area (Å²) in [4.78, 5) is 0. The molecule has 0 spiro atoms. The number of hydrogen-bond donors (Lipinski definition) is 0. The molecule has 9 rings (SSSR count). The number of nitrogens with zero attached hydrogens (tertiary/aromatic N) is 4. The Morgan fingerprint density at radius 3 is 1.62 bits per heavy atom. The lowest BCUT2D eigenvalue weighted by Gasteiger charge is -2.16. The molecule has 0 aliphatic carbocycles. The highest BCUT2D eigenvalue weighted by molar-refractivity contribution is 6.12. The number of fused-ring (bicyclic) bond motifs is 6. The van der Waals surface area contributed by atoms with Crippen molar-refractivity contribution in [3.05, 3.63) is 169 Å². The van der Waals surface area contributed by atoms with Crippen molar-refractivity contribution in [2.45, 2.75) is 0 Å². The molecule has 222 valence electrons. The van der Waals surface area contributed by atoms with Crippen molar-refractivity contribution < 1.29 is 0 Å². The molecule has 0 amide bonds. The van der Waals surface area contributed by atoms with Crippen molar-refractivity contribution in [1.29, 1.82) is 10.5 Å². The first-order valence-electron chi connectivity index (χ1n) is 15.9. The van der Waals surface area contributed by atoms with Crippen LogP contribution in [0.3, 0.4) is 0 Å². The van der Waals surface area contributed by atoms with Gasteiger partial charge in [-0.2, -0.15) is 10.5 Å². The predicted octanol–water partition coefficient (Wildman–Crippen LogP) is 11.0. The van der Waals surface area contributed by atoms with Crippen LogP contribution in [-0.4, -0.2) is 9.13 Å². The normalized spacial score (nSPS) is 11.3. The molecule has 0 aliphatic rings. The van der Waals surface area contributed by atoms with Crippen molar-refractivity contribution in [1.82, 2.24) is 9.13 Å². The van der Waals surface area contributed by atoms with Crippen LogP contribution >= 0.6 is 0 Å². The highest BCUT2D eigenvalue weighted by Gasteiger charge is 2.19. The van der Waals surface area contributed by atoms with Crippen LogP contribution in [0.1, 0.15) is 11.1 Å². The van der Waals surface area contributed by atoms with E-state index in [9.17, 15) is 10.5 Å². The fourth-order valence-electron chi connectivity index (χ4n) is 7.33. The lowest BCUT2D eigenvalue weighted by Crippen LogP contribution is -2.00. The van der Waals surface area contributed by atoms with Gasteiger partial charge in [-0.1, -0.05) is 103 Å². The van der Waals surface area contributed by atoms with Crippen LogP contribution in [0.15, 0.2) is 158 Å². The smallest absolute Gasteiger partial charge is 0.101 e. The van der Waals surface area contributed by atoms with Gasteiger partial charge in [0.2, 0.25) is 0 Å². The van der Waals surface area contributed by atoms with E-state index < -0.39 is 0 Å². The molecule has 48 heavy (non-hydrogen) atoms. The zero-order chi connectivity index (χ0) is 32.2. The van der Waals surface area contributed by atoms with Crippen LogP contribution in [0.2, 0.25) is 0 Å². The molecule has 4 nitrogen and oxygen atoms in total. The van der Waals surface area contributed by atoms with Gasteiger partial charge < -0.3 is 9.13 Å². The Bertz CT molecular complexity index is 2750. The Kier molecular flexibility index (Phi) is 6.22. The zero-order valence-corrected chi connectivity index (χ0v) is 25.8. The minimum Gasteiger partial charge on any atom is -0.309 e. The van der Waals surface area contributed by atoms with Crippen LogP contribution in [0.4, 0.5) is 0 Å². The summed E-state index contributed by atoms with van der Waals surface area (Å²) >= 11 is 0. The van der Waals surface area contributed by atoms with Crippen molar-refractivity contribution >= 4 is 43.6 Å². The maximum Gasteiger partial charge on any atom is 0.101 e. The molecular weight excluding hydrogens is 585 g/mol. The van der Waals surface area contributed by atoms with Gasteiger partial charge in [-0.05, 0) is 71.3 Å². The lowest BCUT2D eigenvalue weighted by molar-refractivity contribution is 1.17. The van der Waals surface area contributed by atoms with Gasteiger partial charge in [-0.3, -0.25) is 0 Å². The highest BCUT2D eigenvalue weighted by atomic mass is 15.0. The van der Waals surface area contributed by atoms with Crippen molar-refractivity contribution in [3.8, 4) is 45.8 Å². The summed E-state index contributed by atoms with van der Waals surface area (Å²) < 4.78 is 4.47. The molecule has 0 fully saturated rings. The van der Waals surface area contributed by atoms with E-state index in [1.54, 1.807) is 0 Å². The van der Waals surface area contributed by atoms with Crippen LogP contribution in [0.25, 0.3) is 77.2 Å². The SMILES string of the molecule is N#Cc1cccc(-c2cccc(-c3ccc(-n4c5ccccc5c5c(C#N)cccc54)cc3)c2)c1-n1c2ccccc2c2ccccc21. The standard InChI is InChI=1S/C44H26N4/c45-27-32-12-9-21-42-43(32)38-16-3-6-20-41(38)47(42)34-24-22-29(23-25-34)30-10-7-11-31(26-30)35-17-8-13-33(28-46)44(35)48-39-18-4-1-14-36(39)37-15-2-5-19-40(37)48/h1-26H. The molecule has 0 aliphatic heterocycles. The van der Waals surface area contributed by atoms with Crippen LogP contribution < -0.4 is 0 Å². The second kappa shape index (κ2) is 10.9. The monoisotopic (exact) mass is 610 g/mol. The topological polar surface area (TPSA) is 57.4 Å². The predicted molar refractivity (Wildman–Crippen MR) is 195 cm³/mol. The van der Waals surface area contributed by atoms with E-state index in [1.165, 1.54) is 0 Å². The molecule has 9 aromatic rings. The Labute approximate surface area is 277 Å². The number of hydrogen-bond acceptors (Lipinski definition) is 2. The molecule has 7 aromatic carbocycles. The molecule has 2 aromatic heterocycles. The van der Waals surface area contributed by atoms with E-state index in [0.717, 1.165) is 77.2 Å². The van der Waals surface area contributed by atoms with Crippen molar-refractivity contribution in [2.75, 3.05) is 0 Å². The summed E-state index contributed by atoms with van der Waals surface area (Å²) in [7, 11) is 0. The maximum absolute atomic E-state index is 10.3. The van der Waals surface area contributed by atoms with Gasteiger partial charge in [0.05, 0.1) is 45.0 Å². The van der Waals surface area contributed by atoms with Crippen LogP contribution in [-0.2, 0) is 0 Å². The second-order valence-corrected chi connectivity index (χ2v) is 12.0. The first-order valence-corrected chi connectivity index (χ1v) is 15.9. The largest absolute Gasteiger partial charge is 0.309 e. The first-order chi connectivity index (χ1) is 23.7. The summed E-state index contributed by atoms with van der Waals surface area (Å²) in [6.45, 7) is 0. The summed E-state index contributed by atoms with van der Waals surface area (Å²) in [6.07, 6.45) is 0. The summed E-state index contributed by atoms with van der Waals surface area (Å²) in [5.41, 5.74) is 11.7. The van der Waals surface area contributed by atoms with Crippen molar-refractivity contribution in [3.63, 3.8) is 0 Å². The average molecular weight is 611 g/mol. The molecule has 2 heterocycles. The van der Waals surface area contributed by atoms with Gasteiger partial charge in [0, 0.05) is 32.8 Å². The quantitative estimate of drug-likeness (QED) is 0.199. The molecule has 0 bridgehead atoms. The third-order valence-electron chi connectivity index (χ3n) is 9.41. The Morgan fingerprint density at radius 2 is 0.938 bits per heavy atom. The Morgan fingerprint density at radius 1 is 0.396 bits per heavy atom. The molecule has 0 saturated carbocycles. The Balaban J connectivity index is 1.18. The van der Waals surface area contributed by atoms with E-state index in [2.05, 4.69) is 143 Å². The number of nitriles is 2. The lowest BCUT2D eigenvalue weighted by atomic mass is 9.96. The molecule has 0 N–H and O–H groups in total. The fraction of sp³-hybridized carbons (Fsp3) is 0. The minimum atomic E-state index is 0.625. The van der Waals surface area contributed by atoms with E-state index in [0.29, 0.717) is 11.1 Å². The number of para-hydroxylation sites is 4. The summed E-state index contributed by atoms with van der Waals surface area (Å²) in [5.74, 6) is 0. The number of benzene rings is 7. The van der Waals surface area contributed by atoms with Gasteiger partial charge in [0.1, 0.15) is 6.07 Å². The van der Waals surface area contributed by atoms with Crippen LogP contribution in [0.5, 0.6) is 0 Å². The second-order valence-electron chi connectivity index (χ2n) is 12.0. The molecular formula is C44H26N4. The molecule has 0 atom stereocenters. The van der Waals surface area contributed by atoms with E-state index >= 15 is 0 Å². The fourth-order valence-corrected chi connectivity index (χ4v) is 7.33. The third-order valence-corrected chi connectivity index (χ3v) is 9.41. The summed E-state index contributed by atoms with van der Waals surface area (Å²) in [6, 6.07) is 59.0. The number of rotatable bonds is 4. The van der Waals surface area contributed by atoms with E-state index in [4.69, 9.17) is 0 Å². The molecule has 0 unspecified atom stereocenters. The molecule has 0 radical (unpaired) electrons. The van der Waals surface area contributed by atoms with E-state index in [1.807, 2.05) is 36.4 Å². The van der Waals surface area contributed by atoms with Gasteiger partial charge in [-0.25, -0.2) is 0 Å². The first kappa shape index (κ1) is 27.4. The van der Waals surface area contributed by atoms with Gasteiger partial charge in [0.15, 0.2) is 0 Å². The van der Waals surface area contributed by atoms with Crippen molar-refractivity contribution in [2.24, 2.45) is 0 Å². The molecule has 4 heteroatoms. The number of aromatic nitrogens is 2. The zero-order valence-electron chi connectivity index (χ0n) is 25.8. The summed E-state index contributed by atoms with van der Waals surface area (Å²) in [5, 5.41) is 24.6. The highest BCUT2D eigenvalue weighted by Crippen LogP contribution is 2.39. The average Bonchev–Trinajstić information content (AvgIpc) is 3.68.